The number of benzene rings is 4. The maximum absolute atomic E-state index is 15.9. The summed E-state index contributed by atoms with van der Waals surface area (Å²) in [6.45, 7) is 14.1. The Labute approximate surface area is 397 Å². The molecule has 0 aliphatic carbocycles. The van der Waals surface area contributed by atoms with Gasteiger partial charge in [-0.2, -0.15) is 9.10 Å². The molecule has 0 unspecified atom stereocenters. The minimum atomic E-state index is -4.84. The van der Waals surface area contributed by atoms with E-state index in [-0.39, 0.29) is 42.7 Å². The summed E-state index contributed by atoms with van der Waals surface area (Å²) < 4.78 is 92.3. The number of sulfonamides is 1. The average molecular weight is 1060 g/mol. The third-order valence-electron chi connectivity index (χ3n) is 10.9. The monoisotopic (exact) mass is 1060 g/mol. The van der Waals surface area contributed by atoms with Crippen molar-refractivity contribution in [3.8, 4) is 28.6 Å². The second kappa shape index (κ2) is 20.9. The molecule has 1 heterocycles. The van der Waals surface area contributed by atoms with Crippen LogP contribution in [0.5, 0.6) is 17.2 Å². The van der Waals surface area contributed by atoms with Gasteiger partial charge in [0.05, 0.1) is 44.9 Å². The fourth-order valence-corrected chi connectivity index (χ4v) is 12.1. The van der Waals surface area contributed by atoms with Crippen molar-refractivity contribution in [3.05, 3.63) is 105 Å². The number of halogens is 1. The molecule has 0 spiro atoms. The lowest BCUT2D eigenvalue weighted by Gasteiger charge is -2.37. The fraction of sp³-hybridized carbons (Fsp3) is 0.422. The highest BCUT2D eigenvalue weighted by Gasteiger charge is 2.43. The number of alkyl carbamates (subject to hydrolysis) is 1. The number of rotatable bonds is 19. The van der Waals surface area contributed by atoms with Crippen LogP contribution in [0.25, 0.3) is 11.4 Å². The van der Waals surface area contributed by atoms with Gasteiger partial charge < -0.3 is 28.7 Å². The third-order valence-corrected chi connectivity index (χ3v) is 20.5. The number of ether oxygens (including phenoxy) is 4. The van der Waals surface area contributed by atoms with Crippen molar-refractivity contribution in [2.75, 3.05) is 34.5 Å². The van der Waals surface area contributed by atoms with E-state index in [2.05, 4.69) is 20.7 Å². The maximum Gasteiger partial charge on any atom is 0.407 e. The predicted molar refractivity (Wildman–Crippen MR) is 259 cm³/mol. The van der Waals surface area contributed by atoms with Crippen molar-refractivity contribution >= 4 is 56.9 Å². The normalized spacial score (nSPS) is 13.1. The molecule has 5 rings (SSSR count). The molecule has 0 saturated carbocycles. The summed E-state index contributed by atoms with van der Waals surface area (Å²) in [5.41, 5.74) is 1.07. The zero-order valence-corrected chi connectivity index (χ0v) is 43.5. The summed E-state index contributed by atoms with van der Waals surface area (Å²) in [4.78, 5) is 13.3. The maximum atomic E-state index is 15.9. The van der Waals surface area contributed by atoms with E-state index in [0.29, 0.717) is 31.9 Å². The molecule has 352 valence electrons. The first kappa shape index (κ1) is 51.4. The Hall–Kier alpha value is -4.61. The van der Waals surface area contributed by atoms with Gasteiger partial charge in [0.25, 0.3) is 0 Å². The summed E-state index contributed by atoms with van der Waals surface area (Å²) >= 11 is 1.96. The first-order valence-corrected chi connectivity index (χ1v) is 27.7. The second-order valence-corrected chi connectivity index (χ2v) is 27.9. The molecule has 65 heavy (non-hydrogen) atoms. The summed E-state index contributed by atoms with van der Waals surface area (Å²) in [6.07, 6.45) is -0.844. The van der Waals surface area contributed by atoms with Crippen LogP contribution in [0.4, 0.5) is 4.79 Å². The number of sulfone groups is 1. The summed E-state index contributed by atoms with van der Waals surface area (Å²) in [5.74, 6) is 1.68. The molecule has 20 heteroatoms. The van der Waals surface area contributed by atoms with Crippen molar-refractivity contribution < 1.29 is 45.0 Å². The molecule has 4 aromatic carbocycles. The lowest BCUT2D eigenvalue weighted by atomic mass is 10.2. The van der Waals surface area contributed by atoms with Crippen LogP contribution in [-0.2, 0) is 48.7 Å². The number of methoxy groups -OCH3 is 3. The van der Waals surface area contributed by atoms with Crippen molar-refractivity contribution in [1.82, 2.24) is 29.8 Å². The summed E-state index contributed by atoms with van der Waals surface area (Å²) in [7, 11) is -7.55. The highest BCUT2D eigenvalue weighted by molar-refractivity contribution is 14.1. The number of carbonyl (C=O) groups is 1. The number of nitrogens with one attached hydrogen (secondary N) is 1. The van der Waals surface area contributed by atoms with E-state index in [1.165, 1.54) is 35.5 Å². The van der Waals surface area contributed by atoms with E-state index >= 15 is 16.8 Å². The SMILES string of the molecule is COc1ccc(CN(Cc2ccc(OC)cc2)S(=O)(=O)c2c(S(=O)(=O)[C@H](CNC(=O)OC(C)(C)C)CO[Si](C)(C)C(C)(C)C)ccc(I)c2-c2nnn(Cc3ccc(OC)cc3)n2)cc1. The molecular weight excluding hydrogens is 1000 g/mol. The Bertz CT molecular complexity index is 2580. The number of hydrogen-bond donors (Lipinski definition) is 1. The van der Waals surface area contributed by atoms with Crippen LogP contribution in [0.15, 0.2) is 94.7 Å². The third kappa shape index (κ3) is 13.1. The Morgan fingerprint density at radius 1 is 0.769 bits per heavy atom. The molecule has 0 radical (unpaired) electrons. The molecule has 16 nitrogen and oxygen atoms in total. The van der Waals surface area contributed by atoms with Gasteiger partial charge in [0.2, 0.25) is 15.8 Å². The van der Waals surface area contributed by atoms with E-state index < -0.39 is 61.5 Å². The standard InChI is InChI=1S/C45H59IN6O10S2Si/c1-44(2,3)62-43(53)47-26-37(30-61-65(10,11)45(4,5)6)63(54,55)39-25-24-38(46)40(42-48-50-52(49-42)29-33-16-22-36(60-9)23-17-33)41(39)64(56,57)51(27-31-12-18-34(58-7)19-13-31)28-32-14-20-35(59-8)21-15-32/h12-25,37H,26-30H2,1-11H3,(H,47,53)/t37-/m1/s1. The van der Waals surface area contributed by atoms with Crippen LogP contribution in [-0.4, -0.2) is 101 Å². The topological polar surface area (TPSA) is 190 Å². The minimum absolute atomic E-state index is 0.0636. The number of aromatic nitrogens is 4. The highest BCUT2D eigenvalue weighted by atomic mass is 127. The Kier molecular flexibility index (Phi) is 16.5. The summed E-state index contributed by atoms with van der Waals surface area (Å²) in [6, 6.07) is 23.9. The van der Waals surface area contributed by atoms with Crippen LogP contribution in [0.3, 0.4) is 0 Å². The quantitative estimate of drug-likeness (QED) is 0.0617. The van der Waals surface area contributed by atoms with Crippen LogP contribution in [0.2, 0.25) is 18.1 Å². The summed E-state index contributed by atoms with van der Waals surface area (Å²) in [5, 5.41) is 14.1. The second-order valence-electron chi connectivity index (χ2n) is 17.8. The van der Waals surface area contributed by atoms with Gasteiger partial charge in [-0.1, -0.05) is 57.2 Å². The van der Waals surface area contributed by atoms with Crippen LogP contribution in [0.1, 0.15) is 58.2 Å². The lowest BCUT2D eigenvalue weighted by molar-refractivity contribution is 0.0526. The molecule has 1 N–H and O–H groups in total. The lowest BCUT2D eigenvalue weighted by Crippen LogP contribution is -2.47. The van der Waals surface area contributed by atoms with Gasteiger partial charge in [-0.15, -0.1) is 10.2 Å². The van der Waals surface area contributed by atoms with Crippen LogP contribution >= 0.6 is 22.6 Å². The molecular formula is C45H59IN6O10S2Si. The number of tetrazole rings is 1. The highest BCUT2D eigenvalue weighted by Crippen LogP contribution is 2.40. The van der Waals surface area contributed by atoms with Gasteiger partial charge in [-0.3, -0.25) is 0 Å². The molecule has 1 amide bonds. The van der Waals surface area contributed by atoms with Gasteiger partial charge in [-0.25, -0.2) is 21.6 Å². The zero-order valence-electron chi connectivity index (χ0n) is 38.7. The van der Waals surface area contributed by atoms with Gasteiger partial charge in [0, 0.05) is 23.2 Å². The smallest absolute Gasteiger partial charge is 0.407 e. The molecule has 1 atom stereocenters. The van der Waals surface area contributed by atoms with E-state index in [9.17, 15) is 4.79 Å². The van der Waals surface area contributed by atoms with E-state index in [0.717, 1.165) is 5.56 Å². The Morgan fingerprint density at radius 3 is 1.72 bits per heavy atom. The zero-order chi connectivity index (χ0) is 48.0. The fourth-order valence-electron chi connectivity index (χ4n) is 6.22. The Morgan fingerprint density at radius 2 is 1.26 bits per heavy atom. The molecule has 0 aliphatic heterocycles. The first-order valence-electron chi connectivity index (χ1n) is 20.7. The van der Waals surface area contributed by atoms with Crippen molar-refractivity contribution in [1.29, 1.82) is 0 Å². The van der Waals surface area contributed by atoms with Gasteiger partial charge in [0.1, 0.15) is 33.0 Å². The first-order chi connectivity index (χ1) is 30.4. The number of carbonyl (C=O) groups excluding carboxylic acids is 1. The van der Waals surface area contributed by atoms with Gasteiger partial charge in [-0.05, 0) is 132 Å². The number of amides is 1. The van der Waals surface area contributed by atoms with Crippen molar-refractivity contribution in [2.45, 2.75) is 100.0 Å². The molecule has 0 aliphatic rings. The van der Waals surface area contributed by atoms with Crippen LogP contribution < -0.4 is 19.5 Å². The van der Waals surface area contributed by atoms with E-state index in [1.54, 1.807) is 88.5 Å². The van der Waals surface area contributed by atoms with Gasteiger partial charge >= 0.3 is 6.09 Å². The van der Waals surface area contributed by atoms with Crippen molar-refractivity contribution in [2.24, 2.45) is 0 Å². The molecule has 0 bridgehead atoms. The number of nitrogens with zero attached hydrogens (tertiary/aromatic N) is 5. The van der Waals surface area contributed by atoms with E-state index in [1.807, 2.05) is 68.6 Å². The van der Waals surface area contributed by atoms with Crippen molar-refractivity contribution in [3.63, 3.8) is 0 Å². The molecule has 5 aromatic rings. The molecule has 1 aromatic heterocycles. The van der Waals surface area contributed by atoms with Crippen LogP contribution in [0, 0.1) is 3.57 Å². The van der Waals surface area contributed by atoms with E-state index in [4.69, 9.17) is 23.4 Å². The average Bonchev–Trinajstić information content (AvgIpc) is 3.70. The largest absolute Gasteiger partial charge is 0.497 e. The predicted octanol–water partition coefficient (Wildman–Crippen LogP) is 8.10. The van der Waals surface area contributed by atoms with Gasteiger partial charge in [0.15, 0.2) is 18.2 Å². The molecule has 0 fully saturated rings. The molecule has 0 saturated heterocycles. The Balaban J connectivity index is 1.75. The number of hydrogen-bond acceptors (Lipinski definition) is 13. The minimum Gasteiger partial charge on any atom is -0.497 e.